The third kappa shape index (κ3) is 3.17. The molecule has 0 saturated carbocycles. The monoisotopic (exact) mass is 377 g/mol. The minimum atomic E-state index is -3.48. The van der Waals surface area contributed by atoms with Gasteiger partial charge >= 0.3 is 0 Å². The number of fused-ring (bicyclic) bond motifs is 1. The number of likely N-dealkylation sites (tertiary alicyclic amines) is 1. The Morgan fingerprint density at radius 1 is 1.08 bits per heavy atom. The van der Waals surface area contributed by atoms with Gasteiger partial charge < -0.3 is 10.2 Å². The summed E-state index contributed by atoms with van der Waals surface area (Å²) in [7, 11) is -3.48. The molecule has 26 heavy (non-hydrogen) atoms. The van der Waals surface area contributed by atoms with Crippen LogP contribution in [-0.4, -0.2) is 62.3 Å². The second-order valence-corrected chi connectivity index (χ2v) is 9.76. The van der Waals surface area contributed by atoms with E-state index in [9.17, 15) is 13.2 Å². The second kappa shape index (κ2) is 6.94. The van der Waals surface area contributed by atoms with Crippen LogP contribution in [0.15, 0.2) is 29.2 Å². The Kier molecular flexibility index (Phi) is 4.79. The van der Waals surface area contributed by atoms with Gasteiger partial charge in [-0.05, 0) is 55.9 Å². The van der Waals surface area contributed by atoms with E-state index in [0.717, 1.165) is 45.4 Å². The molecular weight excluding hydrogens is 350 g/mol. The van der Waals surface area contributed by atoms with Gasteiger partial charge in [0.05, 0.1) is 4.90 Å². The normalized spacial score (nSPS) is 29.7. The fourth-order valence-electron chi connectivity index (χ4n) is 4.54. The number of rotatable bonds is 3. The van der Waals surface area contributed by atoms with E-state index < -0.39 is 10.0 Å². The van der Waals surface area contributed by atoms with Crippen LogP contribution in [0.4, 0.5) is 0 Å². The van der Waals surface area contributed by atoms with Gasteiger partial charge in [0.1, 0.15) is 0 Å². The highest BCUT2D eigenvalue weighted by Crippen LogP contribution is 2.28. The van der Waals surface area contributed by atoms with E-state index in [1.54, 1.807) is 28.6 Å². The van der Waals surface area contributed by atoms with Gasteiger partial charge in [-0.3, -0.25) is 4.79 Å². The van der Waals surface area contributed by atoms with Gasteiger partial charge in [0.15, 0.2) is 0 Å². The van der Waals surface area contributed by atoms with Gasteiger partial charge in [0, 0.05) is 44.3 Å². The minimum Gasteiger partial charge on any atom is -0.338 e. The number of nitrogens with zero attached hydrogens (tertiary/aromatic N) is 2. The van der Waals surface area contributed by atoms with Crippen molar-refractivity contribution in [3.63, 3.8) is 0 Å². The van der Waals surface area contributed by atoms with E-state index in [1.165, 1.54) is 0 Å². The lowest BCUT2D eigenvalue weighted by atomic mass is 10.0. The Hall–Kier alpha value is -1.44. The van der Waals surface area contributed by atoms with Crippen molar-refractivity contribution in [2.24, 2.45) is 11.8 Å². The Morgan fingerprint density at radius 3 is 2.35 bits per heavy atom. The number of hydrogen-bond acceptors (Lipinski definition) is 4. The van der Waals surface area contributed by atoms with Crippen LogP contribution in [0.3, 0.4) is 0 Å². The first-order chi connectivity index (χ1) is 12.5. The lowest BCUT2D eigenvalue weighted by molar-refractivity contribution is 0.0781. The number of carbonyl (C=O) groups is 1. The molecule has 0 aromatic heterocycles. The van der Waals surface area contributed by atoms with Crippen LogP contribution < -0.4 is 5.32 Å². The summed E-state index contributed by atoms with van der Waals surface area (Å²) < 4.78 is 27.4. The molecule has 1 aromatic rings. The molecule has 1 amide bonds. The second-order valence-electron chi connectivity index (χ2n) is 7.87. The first-order valence-corrected chi connectivity index (χ1v) is 11.0. The van der Waals surface area contributed by atoms with E-state index in [0.29, 0.717) is 23.9 Å². The zero-order valence-corrected chi connectivity index (χ0v) is 16.0. The number of hydrogen-bond donors (Lipinski definition) is 1. The van der Waals surface area contributed by atoms with E-state index in [1.807, 2.05) is 11.8 Å². The van der Waals surface area contributed by atoms with E-state index >= 15 is 0 Å². The molecule has 3 heterocycles. The molecule has 0 spiro atoms. The minimum absolute atomic E-state index is 0.00897. The summed E-state index contributed by atoms with van der Waals surface area (Å²) in [5.41, 5.74) is 0.573. The number of nitrogens with one attached hydrogen (secondary N) is 1. The molecule has 3 aliphatic heterocycles. The predicted molar refractivity (Wildman–Crippen MR) is 99.4 cm³/mol. The Labute approximate surface area is 155 Å². The number of carbonyl (C=O) groups excluding carboxylic acids is 1. The molecule has 1 aromatic carbocycles. The quantitative estimate of drug-likeness (QED) is 0.868. The van der Waals surface area contributed by atoms with Gasteiger partial charge in [-0.1, -0.05) is 6.42 Å². The summed E-state index contributed by atoms with van der Waals surface area (Å²) in [6.07, 6.45) is 2.89. The molecule has 3 saturated heterocycles. The molecule has 142 valence electrons. The first kappa shape index (κ1) is 17.9. The standard InChI is InChI=1S/C19H27N3O3S/c1-14-4-2-3-9-22(14)26(24,25)18-7-5-15(6-8-18)19(23)21-12-16-10-20-11-17(16)13-21/h5-8,14,16-17,20H,2-4,9-13H2,1H3/t14?,16-,17+. The van der Waals surface area contributed by atoms with Crippen molar-refractivity contribution in [1.82, 2.24) is 14.5 Å². The van der Waals surface area contributed by atoms with Crippen molar-refractivity contribution in [1.29, 1.82) is 0 Å². The summed E-state index contributed by atoms with van der Waals surface area (Å²) in [5, 5.41) is 3.37. The van der Waals surface area contributed by atoms with Crippen LogP contribution in [0.5, 0.6) is 0 Å². The molecule has 0 aliphatic carbocycles. The maximum absolute atomic E-state index is 12.9. The number of piperidine rings is 1. The topological polar surface area (TPSA) is 69.7 Å². The van der Waals surface area contributed by atoms with Crippen molar-refractivity contribution in [3.8, 4) is 0 Å². The predicted octanol–water partition coefficient (Wildman–Crippen LogP) is 1.54. The van der Waals surface area contributed by atoms with E-state index in [-0.39, 0.29) is 16.8 Å². The molecule has 0 radical (unpaired) electrons. The van der Waals surface area contributed by atoms with Crippen molar-refractivity contribution >= 4 is 15.9 Å². The van der Waals surface area contributed by atoms with Crippen molar-refractivity contribution in [2.75, 3.05) is 32.7 Å². The highest BCUT2D eigenvalue weighted by molar-refractivity contribution is 7.89. The molecule has 3 aliphatic rings. The highest BCUT2D eigenvalue weighted by Gasteiger charge is 2.38. The molecule has 4 rings (SSSR count). The van der Waals surface area contributed by atoms with Crippen LogP contribution >= 0.6 is 0 Å². The SMILES string of the molecule is CC1CCCCN1S(=O)(=O)c1ccc(C(=O)N2C[C@H]3CNC[C@H]3C2)cc1. The zero-order chi connectivity index (χ0) is 18.3. The highest BCUT2D eigenvalue weighted by atomic mass is 32.2. The lowest BCUT2D eigenvalue weighted by Gasteiger charge is -2.32. The van der Waals surface area contributed by atoms with Gasteiger partial charge in [-0.15, -0.1) is 0 Å². The van der Waals surface area contributed by atoms with Gasteiger partial charge in [0.2, 0.25) is 10.0 Å². The molecule has 3 atom stereocenters. The average molecular weight is 378 g/mol. The first-order valence-electron chi connectivity index (χ1n) is 9.59. The Balaban J connectivity index is 1.49. The van der Waals surface area contributed by atoms with Crippen molar-refractivity contribution in [3.05, 3.63) is 29.8 Å². The molecule has 0 bridgehead atoms. The van der Waals surface area contributed by atoms with Gasteiger partial charge in [-0.2, -0.15) is 4.31 Å². The fraction of sp³-hybridized carbons (Fsp3) is 0.632. The Morgan fingerprint density at radius 2 is 1.73 bits per heavy atom. The molecule has 3 fully saturated rings. The van der Waals surface area contributed by atoms with E-state index in [2.05, 4.69) is 5.32 Å². The molecule has 7 heteroatoms. The average Bonchev–Trinajstić information content (AvgIpc) is 3.23. The summed E-state index contributed by atoms with van der Waals surface area (Å²) >= 11 is 0. The van der Waals surface area contributed by atoms with Crippen molar-refractivity contribution in [2.45, 2.75) is 37.1 Å². The van der Waals surface area contributed by atoms with Gasteiger partial charge in [0.25, 0.3) is 5.91 Å². The summed E-state index contributed by atoms with van der Waals surface area (Å²) in [6, 6.07) is 6.53. The molecule has 6 nitrogen and oxygen atoms in total. The largest absolute Gasteiger partial charge is 0.338 e. The number of benzene rings is 1. The van der Waals surface area contributed by atoms with Crippen LogP contribution in [0.25, 0.3) is 0 Å². The number of sulfonamides is 1. The van der Waals surface area contributed by atoms with Crippen LogP contribution in [0, 0.1) is 11.8 Å². The third-order valence-electron chi connectivity index (χ3n) is 6.13. The summed E-state index contributed by atoms with van der Waals surface area (Å²) in [6.45, 7) is 6.10. The lowest BCUT2D eigenvalue weighted by Crippen LogP contribution is -2.41. The van der Waals surface area contributed by atoms with Crippen molar-refractivity contribution < 1.29 is 13.2 Å². The number of amides is 1. The fourth-order valence-corrected chi connectivity index (χ4v) is 6.24. The molecular formula is C19H27N3O3S. The molecule has 1 N–H and O–H groups in total. The van der Waals surface area contributed by atoms with Gasteiger partial charge in [-0.25, -0.2) is 8.42 Å². The smallest absolute Gasteiger partial charge is 0.253 e. The molecule has 1 unspecified atom stereocenters. The zero-order valence-electron chi connectivity index (χ0n) is 15.2. The maximum Gasteiger partial charge on any atom is 0.253 e. The maximum atomic E-state index is 12.9. The van der Waals surface area contributed by atoms with Crippen LogP contribution in [0.1, 0.15) is 36.5 Å². The Bertz CT molecular complexity index is 766. The van der Waals surface area contributed by atoms with E-state index in [4.69, 9.17) is 0 Å². The van der Waals surface area contributed by atoms with Crippen LogP contribution in [0.2, 0.25) is 0 Å². The summed E-state index contributed by atoms with van der Waals surface area (Å²) in [5.74, 6) is 1.12. The third-order valence-corrected chi connectivity index (χ3v) is 8.15. The van der Waals surface area contributed by atoms with Crippen LogP contribution in [-0.2, 0) is 10.0 Å². The summed E-state index contributed by atoms with van der Waals surface area (Å²) in [4.78, 5) is 14.9.